The van der Waals surface area contributed by atoms with E-state index < -0.39 is 17.6 Å². The average Bonchev–Trinajstić information content (AvgIpc) is 2.38. The highest BCUT2D eigenvalue weighted by molar-refractivity contribution is 5.94. The van der Waals surface area contributed by atoms with E-state index in [0.717, 1.165) is 6.07 Å². The van der Waals surface area contributed by atoms with Crippen LogP contribution in [-0.4, -0.2) is 11.1 Å². The lowest BCUT2D eigenvalue weighted by molar-refractivity contribution is 0.0697. The fraction of sp³-hybridized carbons (Fsp3) is 0.0714. The molecule has 0 fully saturated rings. The molecule has 0 heterocycles. The van der Waals surface area contributed by atoms with Crippen LogP contribution >= 0.6 is 0 Å². The summed E-state index contributed by atoms with van der Waals surface area (Å²) in [7, 11) is 0. The molecule has 0 radical (unpaired) electrons. The summed E-state index contributed by atoms with van der Waals surface area (Å²) in [5, 5.41) is 11.6. The van der Waals surface area contributed by atoms with E-state index in [1.54, 1.807) is 18.2 Å². The van der Waals surface area contributed by atoms with Gasteiger partial charge in [-0.2, -0.15) is 0 Å². The maximum Gasteiger partial charge on any atom is 0.337 e. The maximum absolute atomic E-state index is 13.6. The minimum absolute atomic E-state index is 0.00782. The lowest BCUT2D eigenvalue weighted by atomic mass is 10.1. The molecule has 0 aromatic heterocycles. The summed E-state index contributed by atoms with van der Waals surface area (Å²) < 4.78 is 27.0. The molecule has 2 N–H and O–H groups in total. The first-order valence-corrected chi connectivity index (χ1v) is 5.58. The summed E-state index contributed by atoms with van der Waals surface area (Å²) in [4.78, 5) is 11.0. The van der Waals surface area contributed by atoms with Gasteiger partial charge in [0.15, 0.2) is 0 Å². The van der Waals surface area contributed by atoms with Crippen molar-refractivity contribution in [1.82, 2.24) is 0 Å². The van der Waals surface area contributed by atoms with E-state index in [4.69, 9.17) is 5.11 Å². The Morgan fingerprint density at radius 3 is 2.42 bits per heavy atom. The number of halogens is 2. The van der Waals surface area contributed by atoms with E-state index in [0.29, 0.717) is 5.56 Å². The summed E-state index contributed by atoms with van der Waals surface area (Å²) in [6.45, 7) is 0.00782. The predicted molar refractivity (Wildman–Crippen MR) is 67.1 cm³/mol. The van der Waals surface area contributed by atoms with Crippen molar-refractivity contribution >= 4 is 11.7 Å². The lowest BCUT2D eigenvalue weighted by Gasteiger charge is -2.11. The molecule has 0 spiro atoms. The molecule has 0 saturated carbocycles. The third-order valence-electron chi connectivity index (χ3n) is 2.66. The molecule has 19 heavy (non-hydrogen) atoms. The van der Waals surface area contributed by atoms with Crippen LogP contribution < -0.4 is 5.32 Å². The first kappa shape index (κ1) is 13.0. The molecule has 3 nitrogen and oxygen atoms in total. The molecule has 2 aromatic rings. The smallest absolute Gasteiger partial charge is 0.337 e. The molecule has 0 bridgehead atoms. The quantitative estimate of drug-likeness (QED) is 0.890. The number of carboxylic acids is 1. The van der Waals surface area contributed by atoms with Gasteiger partial charge < -0.3 is 10.4 Å². The van der Waals surface area contributed by atoms with Crippen LogP contribution in [0.4, 0.5) is 14.5 Å². The third-order valence-corrected chi connectivity index (χ3v) is 2.66. The van der Waals surface area contributed by atoms with Gasteiger partial charge in [-0.25, -0.2) is 13.6 Å². The number of nitrogens with one attached hydrogen (secondary N) is 1. The molecule has 0 aliphatic rings. The van der Waals surface area contributed by atoms with Crippen molar-refractivity contribution in [3.63, 3.8) is 0 Å². The fourth-order valence-corrected chi connectivity index (χ4v) is 1.71. The van der Waals surface area contributed by atoms with Gasteiger partial charge in [0.05, 0.1) is 11.3 Å². The van der Waals surface area contributed by atoms with Gasteiger partial charge in [-0.15, -0.1) is 0 Å². The Kier molecular flexibility index (Phi) is 3.75. The standard InChI is InChI=1S/C14H11F2NO2/c15-11-6-2-1-4-9(11)8-17-13-10(14(18)19)5-3-7-12(13)16/h1-7,17H,8H2,(H,18,19). The Bertz CT molecular complexity index is 614. The van der Waals surface area contributed by atoms with Crippen molar-refractivity contribution in [1.29, 1.82) is 0 Å². The SMILES string of the molecule is O=C(O)c1cccc(F)c1NCc1ccccc1F. The predicted octanol–water partition coefficient (Wildman–Crippen LogP) is 3.28. The number of anilines is 1. The Balaban J connectivity index is 2.25. The van der Waals surface area contributed by atoms with Crippen molar-refractivity contribution in [3.8, 4) is 0 Å². The Morgan fingerprint density at radius 1 is 1.05 bits per heavy atom. The van der Waals surface area contributed by atoms with Crippen molar-refractivity contribution < 1.29 is 18.7 Å². The highest BCUT2D eigenvalue weighted by Crippen LogP contribution is 2.21. The summed E-state index contributed by atoms with van der Waals surface area (Å²) in [5.74, 6) is -2.35. The molecular weight excluding hydrogens is 252 g/mol. The van der Waals surface area contributed by atoms with Crippen LogP contribution in [0.25, 0.3) is 0 Å². The maximum atomic E-state index is 13.6. The number of carboxylic acid groups (broad SMARTS) is 1. The molecular formula is C14H11F2NO2. The molecule has 0 amide bonds. The number of para-hydroxylation sites is 1. The van der Waals surface area contributed by atoms with Gasteiger partial charge in [-0.3, -0.25) is 0 Å². The van der Waals surface area contributed by atoms with Crippen LogP contribution in [-0.2, 0) is 6.54 Å². The molecule has 0 aliphatic heterocycles. The average molecular weight is 263 g/mol. The van der Waals surface area contributed by atoms with Gasteiger partial charge in [0, 0.05) is 12.1 Å². The van der Waals surface area contributed by atoms with Gasteiger partial charge in [0.1, 0.15) is 11.6 Å². The normalized spacial score (nSPS) is 10.2. The topological polar surface area (TPSA) is 49.3 Å². The van der Waals surface area contributed by atoms with Gasteiger partial charge in [-0.1, -0.05) is 24.3 Å². The summed E-state index contributed by atoms with van der Waals surface area (Å²) in [5.41, 5.74) is 0.0108. The highest BCUT2D eigenvalue weighted by atomic mass is 19.1. The van der Waals surface area contributed by atoms with Crippen molar-refractivity contribution in [2.24, 2.45) is 0 Å². The number of hydrogen-bond donors (Lipinski definition) is 2. The first-order valence-electron chi connectivity index (χ1n) is 5.58. The molecule has 0 unspecified atom stereocenters. The molecule has 0 aliphatic carbocycles. The van der Waals surface area contributed by atoms with Crippen molar-refractivity contribution in [2.45, 2.75) is 6.54 Å². The van der Waals surface area contributed by atoms with Crippen LogP contribution in [0.5, 0.6) is 0 Å². The molecule has 2 rings (SSSR count). The second-order valence-electron chi connectivity index (χ2n) is 3.91. The zero-order valence-electron chi connectivity index (χ0n) is 9.86. The van der Waals surface area contributed by atoms with E-state index >= 15 is 0 Å². The number of benzene rings is 2. The summed E-state index contributed by atoms with van der Waals surface area (Å²) >= 11 is 0. The van der Waals surface area contributed by atoms with Crippen molar-refractivity contribution in [3.05, 3.63) is 65.2 Å². The Labute approximate surface area is 108 Å². The van der Waals surface area contributed by atoms with Crippen molar-refractivity contribution in [2.75, 3.05) is 5.32 Å². The third kappa shape index (κ3) is 2.88. The second kappa shape index (κ2) is 5.48. The van der Waals surface area contributed by atoms with E-state index in [-0.39, 0.29) is 17.8 Å². The monoisotopic (exact) mass is 263 g/mol. The Morgan fingerprint density at radius 2 is 1.74 bits per heavy atom. The van der Waals surface area contributed by atoms with E-state index in [1.807, 2.05) is 0 Å². The van der Waals surface area contributed by atoms with E-state index in [1.165, 1.54) is 18.2 Å². The largest absolute Gasteiger partial charge is 0.478 e. The second-order valence-corrected chi connectivity index (χ2v) is 3.91. The number of carbonyl (C=O) groups is 1. The highest BCUT2D eigenvalue weighted by Gasteiger charge is 2.14. The summed E-state index contributed by atoms with van der Waals surface area (Å²) in [6.07, 6.45) is 0. The minimum atomic E-state index is -1.24. The van der Waals surface area contributed by atoms with Crippen LogP contribution in [0.2, 0.25) is 0 Å². The minimum Gasteiger partial charge on any atom is -0.478 e. The van der Waals surface area contributed by atoms with Gasteiger partial charge in [0.25, 0.3) is 0 Å². The molecule has 98 valence electrons. The van der Waals surface area contributed by atoms with Crippen LogP contribution in [0, 0.1) is 11.6 Å². The van der Waals surface area contributed by atoms with Crippen LogP contribution in [0.15, 0.2) is 42.5 Å². The number of rotatable bonds is 4. The molecule has 5 heteroatoms. The van der Waals surface area contributed by atoms with E-state index in [2.05, 4.69) is 5.32 Å². The van der Waals surface area contributed by atoms with Gasteiger partial charge in [-0.05, 0) is 18.2 Å². The zero-order chi connectivity index (χ0) is 13.8. The van der Waals surface area contributed by atoms with E-state index in [9.17, 15) is 13.6 Å². The van der Waals surface area contributed by atoms with Gasteiger partial charge in [0.2, 0.25) is 0 Å². The molecule has 0 atom stereocenters. The molecule has 2 aromatic carbocycles. The summed E-state index contributed by atoms with van der Waals surface area (Å²) in [6, 6.07) is 9.78. The number of aromatic carboxylic acids is 1. The van der Waals surface area contributed by atoms with Crippen LogP contribution in [0.1, 0.15) is 15.9 Å². The fourth-order valence-electron chi connectivity index (χ4n) is 1.71. The first-order chi connectivity index (χ1) is 9.09. The lowest BCUT2D eigenvalue weighted by Crippen LogP contribution is -2.09. The van der Waals surface area contributed by atoms with Gasteiger partial charge >= 0.3 is 5.97 Å². The zero-order valence-corrected chi connectivity index (χ0v) is 9.86. The Hall–Kier alpha value is -2.43. The molecule has 0 saturated heterocycles. The van der Waals surface area contributed by atoms with Crippen LogP contribution in [0.3, 0.4) is 0 Å². The number of hydrogen-bond acceptors (Lipinski definition) is 2.